The number of hydrogen-bond acceptors (Lipinski definition) is 10. The monoisotopic (exact) mass is 621 g/mol. The van der Waals surface area contributed by atoms with Gasteiger partial charge in [-0.3, -0.25) is 9.88 Å². The molecule has 2 unspecified atom stereocenters. The molecule has 2 aliphatic heterocycles. The SMILES string of the molecule is CCN(C(C)C)C(O)c1cc(F)ccc1Oc1cncnc1N1CCC(Oc2ccnc3c2C(CCCN(C)C)NCC3)CC1. The van der Waals surface area contributed by atoms with E-state index in [-0.39, 0.29) is 18.2 Å². The Hall–Kier alpha value is -3.38. The minimum atomic E-state index is -1.02. The highest BCUT2D eigenvalue weighted by Gasteiger charge is 2.29. The summed E-state index contributed by atoms with van der Waals surface area (Å²) >= 11 is 0. The van der Waals surface area contributed by atoms with Crippen molar-refractivity contribution >= 4 is 5.82 Å². The first-order valence-corrected chi connectivity index (χ1v) is 16.2. The van der Waals surface area contributed by atoms with Crippen LogP contribution in [0.3, 0.4) is 0 Å². The van der Waals surface area contributed by atoms with Crippen molar-refractivity contribution in [2.45, 2.75) is 77.3 Å². The molecule has 3 aromatic rings. The largest absolute Gasteiger partial charge is 0.490 e. The lowest BCUT2D eigenvalue weighted by molar-refractivity contribution is -0.0164. The molecule has 2 atom stereocenters. The van der Waals surface area contributed by atoms with Crippen LogP contribution in [0.25, 0.3) is 0 Å². The lowest BCUT2D eigenvalue weighted by Crippen LogP contribution is -2.39. The highest BCUT2D eigenvalue weighted by atomic mass is 19.1. The predicted octanol–water partition coefficient (Wildman–Crippen LogP) is 5.10. The summed E-state index contributed by atoms with van der Waals surface area (Å²) in [4.78, 5) is 19.8. The van der Waals surface area contributed by atoms with Crippen LogP contribution >= 0.6 is 0 Å². The van der Waals surface area contributed by atoms with Crippen molar-refractivity contribution in [2.75, 3.05) is 51.7 Å². The summed E-state index contributed by atoms with van der Waals surface area (Å²) in [6, 6.07) is 6.54. The molecule has 5 rings (SSSR count). The standard InChI is InChI=1S/C34H48FN7O3/c1-6-42(23(2)3)34(43)26-20-24(35)9-10-29(26)45-31-21-36-22-39-33(31)41-18-13-25(14-19-41)44-30-12-16-38-28-11-15-37-27(32(28)30)8-7-17-40(4)5/h9-10,12,16,20-23,25,27,34,37,43H,6-8,11,13-15,17-19H2,1-5H3. The predicted molar refractivity (Wildman–Crippen MR) is 173 cm³/mol. The quantitative estimate of drug-likeness (QED) is 0.251. The van der Waals surface area contributed by atoms with Crippen molar-refractivity contribution in [2.24, 2.45) is 0 Å². The second kappa shape index (κ2) is 15.3. The molecule has 0 saturated carbocycles. The van der Waals surface area contributed by atoms with Gasteiger partial charge in [-0.05, 0) is 78.1 Å². The summed E-state index contributed by atoms with van der Waals surface area (Å²) in [6.45, 7) is 9.99. The molecule has 0 spiro atoms. The third-order valence-corrected chi connectivity index (χ3v) is 8.74. The molecule has 1 saturated heterocycles. The lowest BCUT2D eigenvalue weighted by atomic mass is 9.94. The van der Waals surface area contributed by atoms with E-state index in [4.69, 9.17) is 14.5 Å². The number of fused-ring (bicyclic) bond motifs is 1. The van der Waals surface area contributed by atoms with Crippen LogP contribution in [0.2, 0.25) is 0 Å². The van der Waals surface area contributed by atoms with E-state index in [1.54, 1.807) is 12.3 Å². The summed E-state index contributed by atoms with van der Waals surface area (Å²) < 4.78 is 27.3. The molecule has 2 aliphatic rings. The molecule has 45 heavy (non-hydrogen) atoms. The van der Waals surface area contributed by atoms with E-state index >= 15 is 0 Å². The van der Waals surface area contributed by atoms with Crippen LogP contribution in [-0.4, -0.2) is 88.8 Å². The van der Waals surface area contributed by atoms with Crippen LogP contribution in [0.1, 0.15) is 75.5 Å². The normalized spacial score (nSPS) is 18.0. The Labute approximate surface area is 266 Å². The average Bonchev–Trinajstić information content (AvgIpc) is 3.02. The number of hydrogen-bond donors (Lipinski definition) is 2. The number of halogens is 1. The molecule has 11 heteroatoms. The number of ether oxygens (including phenoxy) is 2. The van der Waals surface area contributed by atoms with Crippen LogP contribution in [0.5, 0.6) is 17.2 Å². The maximum atomic E-state index is 14.3. The van der Waals surface area contributed by atoms with Crippen LogP contribution in [0, 0.1) is 5.82 Å². The Balaban J connectivity index is 1.27. The number of benzene rings is 1. The minimum Gasteiger partial charge on any atom is -0.490 e. The van der Waals surface area contributed by atoms with Gasteiger partial charge < -0.3 is 29.7 Å². The summed E-state index contributed by atoms with van der Waals surface area (Å²) in [6.07, 6.45) is 8.74. The maximum absolute atomic E-state index is 14.3. The van der Waals surface area contributed by atoms with Crippen LogP contribution in [0.15, 0.2) is 43.0 Å². The Morgan fingerprint density at radius 2 is 1.91 bits per heavy atom. The Bertz CT molecular complexity index is 1400. The van der Waals surface area contributed by atoms with E-state index in [9.17, 15) is 9.50 Å². The van der Waals surface area contributed by atoms with E-state index in [1.807, 2.05) is 37.9 Å². The van der Waals surface area contributed by atoms with Crippen LogP contribution in [0.4, 0.5) is 10.2 Å². The highest BCUT2D eigenvalue weighted by molar-refractivity contribution is 5.54. The number of aromatic nitrogens is 3. The molecule has 4 heterocycles. The van der Waals surface area contributed by atoms with Crippen molar-refractivity contribution in [1.29, 1.82) is 0 Å². The number of aliphatic hydroxyl groups excluding tert-OH is 1. The molecule has 0 radical (unpaired) electrons. The van der Waals surface area contributed by atoms with Crippen LogP contribution in [-0.2, 0) is 6.42 Å². The molecule has 244 valence electrons. The second-order valence-corrected chi connectivity index (χ2v) is 12.5. The zero-order chi connectivity index (χ0) is 31.9. The molecular formula is C34H48FN7O3. The fraction of sp³-hybridized carbons (Fsp3) is 0.559. The number of aliphatic hydroxyl groups is 1. The molecule has 2 aromatic heterocycles. The fourth-order valence-electron chi connectivity index (χ4n) is 6.41. The fourth-order valence-corrected chi connectivity index (χ4v) is 6.41. The van der Waals surface area contributed by atoms with Gasteiger partial charge in [-0.25, -0.2) is 14.4 Å². The van der Waals surface area contributed by atoms with Gasteiger partial charge >= 0.3 is 0 Å². The van der Waals surface area contributed by atoms with Crippen LogP contribution < -0.4 is 19.7 Å². The number of nitrogens with zero attached hydrogens (tertiary/aromatic N) is 6. The molecule has 0 amide bonds. The van der Waals surface area contributed by atoms with Gasteiger partial charge in [0.2, 0.25) is 0 Å². The van der Waals surface area contributed by atoms with E-state index < -0.39 is 12.0 Å². The zero-order valence-corrected chi connectivity index (χ0v) is 27.2. The maximum Gasteiger partial charge on any atom is 0.188 e. The zero-order valence-electron chi connectivity index (χ0n) is 27.2. The van der Waals surface area contributed by atoms with Crippen molar-refractivity contribution in [3.63, 3.8) is 0 Å². The van der Waals surface area contributed by atoms with E-state index in [0.717, 1.165) is 69.7 Å². The smallest absolute Gasteiger partial charge is 0.188 e. The molecule has 10 nitrogen and oxygen atoms in total. The summed E-state index contributed by atoms with van der Waals surface area (Å²) in [7, 11) is 4.22. The van der Waals surface area contributed by atoms with Gasteiger partial charge in [0.05, 0.1) is 11.9 Å². The van der Waals surface area contributed by atoms with Gasteiger partial charge in [0.1, 0.15) is 36.0 Å². The van der Waals surface area contributed by atoms with Gasteiger partial charge in [0, 0.05) is 68.3 Å². The Kier molecular flexibility index (Phi) is 11.2. The highest BCUT2D eigenvalue weighted by Crippen LogP contribution is 2.38. The Morgan fingerprint density at radius 3 is 2.64 bits per heavy atom. The van der Waals surface area contributed by atoms with Crippen molar-refractivity contribution in [3.8, 4) is 17.2 Å². The van der Waals surface area contributed by atoms with E-state index in [2.05, 4.69) is 39.2 Å². The molecule has 0 bridgehead atoms. The third-order valence-electron chi connectivity index (χ3n) is 8.74. The number of pyridine rings is 1. The van der Waals surface area contributed by atoms with E-state index in [0.29, 0.717) is 29.4 Å². The van der Waals surface area contributed by atoms with Crippen molar-refractivity contribution in [3.05, 3.63) is 65.6 Å². The van der Waals surface area contributed by atoms with Gasteiger partial charge in [-0.15, -0.1) is 0 Å². The van der Waals surface area contributed by atoms with Crippen molar-refractivity contribution in [1.82, 2.24) is 30.1 Å². The Morgan fingerprint density at radius 1 is 1.11 bits per heavy atom. The first-order chi connectivity index (χ1) is 21.7. The number of piperidine rings is 1. The number of anilines is 1. The molecular weight excluding hydrogens is 573 g/mol. The average molecular weight is 622 g/mol. The van der Waals surface area contributed by atoms with E-state index in [1.165, 1.54) is 24.0 Å². The summed E-state index contributed by atoms with van der Waals surface area (Å²) in [5.74, 6) is 1.99. The molecule has 2 N–H and O–H groups in total. The topological polar surface area (TPSA) is 99.1 Å². The third kappa shape index (κ3) is 8.07. The molecule has 0 aliphatic carbocycles. The molecule has 1 fully saturated rings. The first-order valence-electron chi connectivity index (χ1n) is 16.2. The van der Waals surface area contributed by atoms with Gasteiger partial charge in [0.25, 0.3) is 0 Å². The van der Waals surface area contributed by atoms with Gasteiger partial charge in [-0.1, -0.05) is 6.92 Å². The number of rotatable bonds is 13. The summed E-state index contributed by atoms with van der Waals surface area (Å²) in [5, 5.41) is 14.9. The number of nitrogens with one attached hydrogen (secondary N) is 1. The van der Waals surface area contributed by atoms with Crippen molar-refractivity contribution < 1.29 is 19.0 Å². The van der Waals surface area contributed by atoms with Gasteiger partial charge in [-0.2, -0.15) is 0 Å². The minimum absolute atomic E-state index is 0.0585. The molecule has 1 aromatic carbocycles. The first kappa shape index (κ1) is 33.0. The second-order valence-electron chi connectivity index (χ2n) is 12.5. The lowest BCUT2D eigenvalue weighted by Gasteiger charge is -2.35. The van der Waals surface area contributed by atoms with Gasteiger partial charge in [0.15, 0.2) is 11.6 Å². The summed E-state index contributed by atoms with van der Waals surface area (Å²) in [5.41, 5.74) is 2.72.